The van der Waals surface area contributed by atoms with Crippen molar-refractivity contribution in [1.29, 1.82) is 0 Å². The molecular weight excluding hydrogens is 476 g/mol. The van der Waals surface area contributed by atoms with E-state index in [0.29, 0.717) is 12.5 Å². The summed E-state index contributed by atoms with van der Waals surface area (Å²) in [5.74, 6) is 0.436. The van der Waals surface area contributed by atoms with E-state index >= 15 is 0 Å². The second kappa shape index (κ2) is 11.9. The monoisotopic (exact) mass is 514 g/mol. The molecule has 1 heterocycles. The van der Waals surface area contributed by atoms with Crippen molar-refractivity contribution in [2.75, 3.05) is 36.7 Å². The maximum atomic E-state index is 12.7. The van der Waals surface area contributed by atoms with E-state index in [1.807, 2.05) is 60.7 Å². The minimum absolute atomic E-state index is 0.0152. The van der Waals surface area contributed by atoms with Gasteiger partial charge in [-0.25, -0.2) is 8.42 Å². The van der Waals surface area contributed by atoms with Crippen molar-refractivity contribution in [1.82, 2.24) is 4.90 Å². The van der Waals surface area contributed by atoms with Crippen LogP contribution < -0.4 is 4.31 Å². The van der Waals surface area contributed by atoms with E-state index in [1.165, 1.54) is 21.7 Å². The lowest BCUT2D eigenvalue weighted by atomic mass is 9.68. The molecule has 194 valence electrons. The molecule has 1 aliphatic rings. The van der Waals surface area contributed by atoms with E-state index < -0.39 is 10.0 Å². The smallest absolute Gasteiger partial charge is 0.232 e. The highest BCUT2D eigenvalue weighted by atomic mass is 32.2. The maximum Gasteiger partial charge on any atom is 0.232 e. The Morgan fingerprint density at radius 1 is 0.919 bits per heavy atom. The Hall–Kier alpha value is -3.15. The van der Waals surface area contributed by atoms with Crippen LogP contribution in [0, 0.1) is 5.92 Å². The summed E-state index contributed by atoms with van der Waals surface area (Å²) < 4.78 is 27.0. The first-order valence-corrected chi connectivity index (χ1v) is 14.8. The number of nitrogens with zero attached hydrogens (tertiary/aromatic N) is 2. The predicted molar refractivity (Wildman–Crippen MR) is 157 cm³/mol. The van der Waals surface area contributed by atoms with Crippen molar-refractivity contribution in [3.8, 4) is 0 Å². The minimum atomic E-state index is -3.43. The van der Waals surface area contributed by atoms with Crippen LogP contribution in [0.1, 0.15) is 37.0 Å². The Kier molecular flexibility index (Phi) is 8.67. The van der Waals surface area contributed by atoms with E-state index in [9.17, 15) is 8.42 Å². The second-order valence-electron chi connectivity index (χ2n) is 10.3. The zero-order valence-corrected chi connectivity index (χ0v) is 22.9. The summed E-state index contributed by atoms with van der Waals surface area (Å²) in [5, 5.41) is 0. The highest BCUT2D eigenvalue weighted by Crippen LogP contribution is 2.40. The SMILES string of the molecule is CC1CN(CC=Cc2ccccc2)CCC1(C)c1cccc(N(CC=Cc2ccccc2)S(C)(=O)=O)c1. The maximum absolute atomic E-state index is 12.7. The first-order valence-electron chi connectivity index (χ1n) is 13.0. The Morgan fingerprint density at radius 2 is 1.54 bits per heavy atom. The molecule has 0 spiro atoms. The minimum Gasteiger partial charge on any atom is -0.299 e. The van der Waals surface area contributed by atoms with Gasteiger partial charge < -0.3 is 0 Å². The van der Waals surface area contributed by atoms with Crippen molar-refractivity contribution in [2.45, 2.75) is 25.7 Å². The molecule has 0 aromatic heterocycles. The van der Waals surface area contributed by atoms with E-state index in [2.05, 4.69) is 67.3 Å². The van der Waals surface area contributed by atoms with Crippen LogP contribution in [0.2, 0.25) is 0 Å². The summed E-state index contributed by atoms with van der Waals surface area (Å²) in [4.78, 5) is 2.51. The van der Waals surface area contributed by atoms with Gasteiger partial charge in [-0.1, -0.05) is 111 Å². The number of anilines is 1. The molecule has 4 rings (SSSR count). The predicted octanol–water partition coefficient (Wildman–Crippen LogP) is 6.48. The van der Waals surface area contributed by atoms with Crippen molar-refractivity contribution >= 4 is 27.9 Å². The third-order valence-corrected chi connectivity index (χ3v) is 8.78. The van der Waals surface area contributed by atoms with Gasteiger partial charge in [0.1, 0.15) is 0 Å². The molecule has 0 aliphatic carbocycles. The largest absolute Gasteiger partial charge is 0.299 e. The standard InChI is InChI=1S/C32H38N2O2S/c1-27-26-33(22-11-17-28-13-6-4-7-14-28)24-21-32(27,2)30-19-10-20-31(25-30)34(37(3,35)36)23-12-18-29-15-8-5-9-16-29/h4-20,25,27H,21-24,26H2,1-3H3. The van der Waals surface area contributed by atoms with Gasteiger partial charge in [-0.3, -0.25) is 9.21 Å². The van der Waals surface area contributed by atoms with E-state index in [-0.39, 0.29) is 5.41 Å². The zero-order valence-electron chi connectivity index (χ0n) is 22.1. The van der Waals surface area contributed by atoms with Gasteiger partial charge in [0.2, 0.25) is 10.0 Å². The number of likely N-dealkylation sites (tertiary alicyclic amines) is 1. The van der Waals surface area contributed by atoms with Gasteiger partial charge in [0.25, 0.3) is 0 Å². The van der Waals surface area contributed by atoms with Crippen LogP contribution in [0.15, 0.2) is 97.1 Å². The molecule has 1 saturated heterocycles. The van der Waals surface area contributed by atoms with Crippen LogP contribution in [0.3, 0.4) is 0 Å². The second-order valence-corrected chi connectivity index (χ2v) is 12.2. The molecule has 3 aromatic rings. The van der Waals surface area contributed by atoms with Crippen LogP contribution in [0.5, 0.6) is 0 Å². The van der Waals surface area contributed by atoms with Gasteiger partial charge in [-0.05, 0) is 53.1 Å². The topological polar surface area (TPSA) is 40.6 Å². The summed E-state index contributed by atoms with van der Waals surface area (Å²) >= 11 is 0. The number of sulfonamides is 1. The quantitative estimate of drug-likeness (QED) is 0.328. The van der Waals surface area contributed by atoms with Crippen molar-refractivity contribution in [3.63, 3.8) is 0 Å². The van der Waals surface area contributed by atoms with Gasteiger partial charge in [0.05, 0.1) is 18.5 Å². The van der Waals surface area contributed by atoms with E-state index in [4.69, 9.17) is 0 Å². The number of hydrogen-bond donors (Lipinski definition) is 0. The molecule has 4 nitrogen and oxygen atoms in total. The van der Waals surface area contributed by atoms with Crippen molar-refractivity contribution in [3.05, 3.63) is 114 Å². The van der Waals surface area contributed by atoms with Crippen molar-refractivity contribution in [2.24, 2.45) is 5.92 Å². The van der Waals surface area contributed by atoms with Gasteiger partial charge in [0.15, 0.2) is 0 Å². The van der Waals surface area contributed by atoms with Gasteiger partial charge >= 0.3 is 0 Å². The third-order valence-electron chi connectivity index (χ3n) is 7.62. The lowest BCUT2D eigenvalue weighted by molar-refractivity contribution is 0.122. The summed E-state index contributed by atoms with van der Waals surface area (Å²) in [6.45, 7) is 7.90. The van der Waals surface area contributed by atoms with Gasteiger partial charge in [-0.15, -0.1) is 0 Å². The first kappa shape index (κ1) is 26.9. The molecule has 3 aromatic carbocycles. The van der Waals surface area contributed by atoms with Gasteiger partial charge in [0, 0.05) is 13.1 Å². The van der Waals surface area contributed by atoms with Gasteiger partial charge in [-0.2, -0.15) is 0 Å². The molecule has 37 heavy (non-hydrogen) atoms. The molecule has 1 fully saturated rings. The highest BCUT2D eigenvalue weighted by Gasteiger charge is 2.38. The molecule has 5 heteroatoms. The third kappa shape index (κ3) is 7.00. The van der Waals surface area contributed by atoms with E-state index in [0.717, 1.165) is 37.3 Å². The average Bonchev–Trinajstić information content (AvgIpc) is 2.89. The Morgan fingerprint density at radius 3 is 2.14 bits per heavy atom. The summed E-state index contributed by atoms with van der Waals surface area (Å²) in [5.41, 5.74) is 4.19. The lowest BCUT2D eigenvalue weighted by Gasteiger charge is -2.45. The molecule has 0 saturated carbocycles. The van der Waals surface area contributed by atoms with Crippen LogP contribution >= 0.6 is 0 Å². The van der Waals surface area contributed by atoms with Crippen molar-refractivity contribution < 1.29 is 8.42 Å². The molecule has 2 atom stereocenters. The molecule has 0 bridgehead atoms. The number of piperidine rings is 1. The molecule has 0 radical (unpaired) electrons. The molecule has 2 unspecified atom stereocenters. The fourth-order valence-electron chi connectivity index (χ4n) is 5.11. The average molecular weight is 515 g/mol. The number of hydrogen-bond acceptors (Lipinski definition) is 3. The molecule has 0 amide bonds. The van der Waals surface area contributed by atoms with Crippen LogP contribution in [-0.4, -0.2) is 45.8 Å². The summed E-state index contributed by atoms with van der Waals surface area (Å²) in [6.07, 6.45) is 10.6. The summed E-state index contributed by atoms with van der Waals surface area (Å²) in [7, 11) is -3.43. The molecule has 1 aliphatic heterocycles. The Labute approximate surface area is 223 Å². The number of benzene rings is 3. The zero-order chi connectivity index (χ0) is 26.3. The van der Waals surface area contributed by atoms with Crippen LogP contribution in [-0.2, 0) is 15.4 Å². The van der Waals surface area contributed by atoms with E-state index in [1.54, 1.807) is 0 Å². The fourth-order valence-corrected chi connectivity index (χ4v) is 5.96. The first-order chi connectivity index (χ1) is 17.8. The Balaban J connectivity index is 1.46. The molecular formula is C32H38N2O2S. The lowest BCUT2D eigenvalue weighted by Crippen LogP contribution is -2.47. The Bertz CT molecular complexity index is 1320. The molecule has 0 N–H and O–H groups in total. The highest BCUT2D eigenvalue weighted by molar-refractivity contribution is 7.92. The number of rotatable bonds is 9. The fraction of sp³-hybridized carbons (Fsp3) is 0.312. The summed E-state index contributed by atoms with van der Waals surface area (Å²) in [6, 6.07) is 28.5. The van der Waals surface area contributed by atoms with Crippen LogP contribution in [0.4, 0.5) is 5.69 Å². The normalized spacial score (nSPS) is 21.0. The van der Waals surface area contributed by atoms with Crippen LogP contribution in [0.25, 0.3) is 12.2 Å².